The highest BCUT2D eigenvalue weighted by molar-refractivity contribution is 7.16. The minimum atomic E-state index is 0.739. The van der Waals surface area contributed by atoms with Gasteiger partial charge in [-0.1, -0.05) is 42.5 Å². The van der Waals surface area contributed by atoms with Crippen molar-refractivity contribution in [2.45, 2.75) is 0 Å². The van der Waals surface area contributed by atoms with E-state index in [0.29, 0.717) is 0 Å². The van der Waals surface area contributed by atoms with Crippen molar-refractivity contribution in [2.24, 2.45) is 0 Å². The molecule has 0 radical (unpaired) electrons. The number of para-hydroxylation sites is 1. The van der Waals surface area contributed by atoms with Gasteiger partial charge in [0, 0.05) is 17.3 Å². The lowest BCUT2D eigenvalue weighted by Crippen LogP contribution is -2.11. The van der Waals surface area contributed by atoms with Gasteiger partial charge < -0.3 is 13.7 Å². The first-order valence-electron chi connectivity index (χ1n) is 12.8. The number of hydrogen-bond donors (Lipinski definition) is 0. The zero-order chi connectivity index (χ0) is 26.5. The van der Waals surface area contributed by atoms with E-state index in [1.165, 1.54) is 12.8 Å². The molecule has 7 heteroatoms. The minimum absolute atomic E-state index is 0.739. The smallest absolute Gasteiger partial charge is 0.181 e. The van der Waals surface area contributed by atoms with Crippen LogP contribution in [0.1, 0.15) is 0 Å². The predicted molar refractivity (Wildman–Crippen MR) is 160 cm³/mol. The average molecular weight is 537 g/mol. The summed E-state index contributed by atoms with van der Waals surface area (Å²) >= 11 is 1.65. The van der Waals surface area contributed by atoms with Crippen LogP contribution in [-0.4, -0.2) is 15.0 Å². The van der Waals surface area contributed by atoms with Gasteiger partial charge in [0.05, 0.1) is 27.1 Å². The van der Waals surface area contributed by atoms with Gasteiger partial charge in [-0.15, -0.1) is 11.3 Å². The molecule has 0 bridgehead atoms. The summed E-state index contributed by atoms with van der Waals surface area (Å²) in [5.41, 5.74) is 13.6. The van der Waals surface area contributed by atoms with E-state index < -0.39 is 0 Å². The normalized spacial score (nSPS) is 11.5. The Labute approximate surface area is 232 Å². The van der Waals surface area contributed by atoms with Crippen molar-refractivity contribution in [1.29, 1.82) is 0 Å². The zero-order valence-electron chi connectivity index (χ0n) is 21.1. The van der Waals surface area contributed by atoms with Crippen molar-refractivity contribution >= 4 is 60.8 Å². The maximum absolute atomic E-state index is 5.68. The first kappa shape index (κ1) is 22.7. The molecule has 0 spiro atoms. The summed E-state index contributed by atoms with van der Waals surface area (Å²) in [6.07, 6.45) is 2.96. The first-order chi connectivity index (χ1) is 19.8. The molecule has 0 N–H and O–H groups in total. The molecule has 0 fully saturated rings. The molecule has 0 saturated heterocycles. The Morgan fingerprint density at radius 3 is 2.23 bits per heavy atom. The van der Waals surface area contributed by atoms with E-state index in [0.717, 1.165) is 71.7 Å². The van der Waals surface area contributed by atoms with Crippen molar-refractivity contribution in [1.82, 2.24) is 15.0 Å². The number of nitrogens with zero attached hydrogens (tertiary/aromatic N) is 4. The van der Waals surface area contributed by atoms with Crippen LogP contribution in [-0.2, 0) is 0 Å². The van der Waals surface area contributed by atoms with Crippen LogP contribution >= 0.6 is 11.3 Å². The summed E-state index contributed by atoms with van der Waals surface area (Å²) in [5, 5.41) is 0. The summed E-state index contributed by atoms with van der Waals surface area (Å²) in [4.78, 5) is 15.3. The number of hydrogen-bond acceptors (Lipinski definition) is 7. The summed E-state index contributed by atoms with van der Waals surface area (Å²) in [5.74, 6) is 0. The predicted octanol–water partition coefficient (Wildman–Crippen LogP) is 9.38. The molecule has 40 heavy (non-hydrogen) atoms. The van der Waals surface area contributed by atoms with E-state index in [1.807, 2.05) is 29.8 Å². The Balaban J connectivity index is 1.28. The fraction of sp³-hybridized carbons (Fsp3) is 0. The zero-order valence-corrected chi connectivity index (χ0v) is 21.9. The SMILES string of the molecule is c1ccc(N(c2ccc(-c3ccc4ocnc4c3)cc2)c2ccc3ncoc3c2)c(-c2ccc3ncsc3c2)c1. The van der Waals surface area contributed by atoms with Gasteiger partial charge in [0.15, 0.2) is 24.0 Å². The number of rotatable bonds is 5. The molecule has 5 aromatic carbocycles. The molecular weight excluding hydrogens is 516 g/mol. The molecule has 0 atom stereocenters. The van der Waals surface area contributed by atoms with Crippen LogP contribution in [0.2, 0.25) is 0 Å². The van der Waals surface area contributed by atoms with Crippen molar-refractivity contribution in [3.63, 3.8) is 0 Å². The molecule has 0 aliphatic rings. The number of anilines is 3. The fourth-order valence-corrected chi connectivity index (χ4v) is 5.90. The molecule has 6 nitrogen and oxygen atoms in total. The highest BCUT2D eigenvalue weighted by atomic mass is 32.1. The summed E-state index contributed by atoms with van der Waals surface area (Å²) in [6, 6.07) is 35.7. The van der Waals surface area contributed by atoms with Crippen LogP contribution in [0, 0.1) is 0 Å². The van der Waals surface area contributed by atoms with E-state index in [-0.39, 0.29) is 0 Å². The molecule has 0 amide bonds. The Hall–Kier alpha value is -5.27. The minimum Gasteiger partial charge on any atom is -0.443 e. The van der Waals surface area contributed by atoms with Gasteiger partial charge in [-0.3, -0.25) is 0 Å². The molecule has 0 unspecified atom stereocenters. The topological polar surface area (TPSA) is 68.2 Å². The molecule has 0 aliphatic carbocycles. The molecule has 3 aromatic heterocycles. The van der Waals surface area contributed by atoms with Crippen molar-refractivity contribution in [2.75, 3.05) is 4.90 Å². The van der Waals surface area contributed by atoms with E-state index in [9.17, 15) is 0 Å². The molecule has 190 valence electrons. The van der Waals surface area contributed by atoms with Gasteiger partial charge in [-0.2, -0.15) is 0 Å². The lowest BCUT2D eigenvalue weighted by molar-refractivity contribution is 0.602. The van der Waals surface area contributed by atoms with E-state index in [4.69, 9.17) is 8.83 Å². The third-order valence-electron chi connectivity index (χ3n) is 7.15. The van der Waals surface area contributed by atoms with Gasteiger partial charge in [-0.25, -0.2) is 15.0 Å². The molecule has 0 aliphatic heterocycles. The van der Waals surface area contributed by atoms with Crippen LogP contribution in [0.25, 0.3) is 54.7 Å². The van der Waals surface area contributed by atoms with Gasteiger partial charge >= 0.3 is 0 Å². The van der Waals surface area contributed by atoms with E-state index in [1.54, 1.807) is 11.3 Å². The largest absolute Gasteiger partial charge is 0.443 e. The Kier molecular flexibility index (Phi) is 5.21. The van der Waals surface area contributed by atoms with E-state index >= 15 is 0 Å². The standard InChI is InChI=1S/C33H20N4O2S/c1-2-4-30(26(3-1)23-7-12-28-33(16-23)40-20-36-28)37(25-11-13-27-32(17-25)39-18-34-27)24-9-5-21(6-10-24)22-8-14-31-29(15-22)35-19-38-31/h1-20H. The number of benzene rings is 5. The van der Waals surface area contributed by atoms with Crippen molar-refractivity contribution in [3.05, 3.63) is 121 Å². The second kappa shape index (κ2) is 9.18. The third kappa shape index (κ3) is 3.83. The molecule has 8 rings (SSSR count). The maximum Gasteiger partial charge on any atom is 0.181 e. The Morgan fingerprint density at radius 2 is 1.30 bits per heavy atom. The van der Waals surface area contributed by atoms with Crippen LogP contribution in [0.15, 0.2) is 130 Å². The molecule has 8 aromatic rings. The van der Waals surface area contributed by atoms with Gasteiger partial charge in [0.1, 0.15) is 11.0 Å². The lowest BCUT2D eigenvalue weighted by atomic mass is 10.0. The maximum atomic E-state index is 5.68. The van der Waals surface area contributed by atoms with Crippen molar-refractivity contribution in [3.8, 4) is 22.3 Å². The number of fused-ring (bicyclic) bond motifs is 3. The number of oxazole rings is 2. The Bertz CT molecular complexity index is 2140. The second-order valence-electron chi connectivity index (χ2n) is 9.47. The number of aromatic nitrogens is 3. The summed E-state index contributed by atoms with van der Waals surface area (Å²) < 4.78 is 12.3. The quantitative estimate of drug-likeness (QED) is 0.218. The van der Waals surface area contributed by atoms with Crippen LogP contribution in [0.3, 0.4) is 0 Å². The third-order valence-corrected chi connectivity index (χ3v) is 7.94. The molecule has 0 saturated carbocycles. The summed E-state index contributed by atoms with van der Waals surface area (Å²) in [6.45, 7) is 0. The van der Waals surface area contributed by atoms with Gasteiger partial charge in [-0.05, 0) is 71.3 Å². The molecular formula is C33H20N4O2S. The van der Waals surface area contributed by atoms with Gasteiger partial charge in [0.2, 0.25) is 0 Å². The van der Waals surface area contributed by atoms with E-state index in [2.05, 4.69) is 98.7 Å². The lowest BCUT2D eigenvalue weighted by Gasteiger charge is -2.28. The van der Waals surface area contributed by atoms with Gasteiger partial charge in [0.25, 0.3) is 0 Å². The fourth-order valence-electron chi connectivity index (χ4n) is 5.19. The van der Waals surface area contributed by atoms with Crippen LogP contribution < -0.4 is 4.90 Å². The summed E-state index contributed by atoms with van der Waals surface area (Å²) in [7, 11) is 0. The first-order valence-corrected chi connectivity index (χ1v) is 13.7. The van der Waals surface area contributed by atoms with Crippen molar-refractivity contribution < 1.29 is 8.83 Å². The second-order valence-corrected chi connectivity index (χ2v) is 10.4. The van der Waals surface area contributed by atoms with Crippen LogP contribution in [0.4, 0.5) is 17.1 Å². The van der Waals surface area contributed by atoms with Crippen LogP contribution in [0.5, 0.6) is 0 Å². The Morgan fingerprint density at radius 1 is 0.550 bits per heavy atom. The highest BCUT2D eigenvalue weighted by Crippen LogP contribution is 2.42. The number of thiazole rings is 1. The highest BCUT2D eigenvalue weighted by Gasteiger charge is 2.19. The monoisotopic (exact) mass is 536 g/mol. The average Bonchev–Trinajstić information content (AvgIpc) is 3.78. The molecule has 3 heterocycles.